The van der Waals surface area contributed by atoms with Gasteiger partial charge in [0.25, 0.3) is 0 Å². The molecular weight excluding hydrogens is 197 g/mol. The van der Waals surface area contributed by atoms with Crippen molar-refractivity contribution in [2.45, 2.75) is 19.8 Å². The van der Waals surface area contributed by atoms with Crippen LogP contribution in [0, 0.1) is 5.82 Å². The highest BCUT2D eigenvalue weighted by atomic mass is 19.1. The van der Waals surface area contributed by atoms with Gasteiger partial charge >= 0.3 is 5.97 Å². The lowest BCUT2D eigenvalue weighted by molar-refractivity contribution is 0.0501. The summed E-state index contributed by atoms with van der Waals surface area (Å²) in [6.45, 7) is 2.37. The molecule has 0 amide bonds. The first-order valence-corrected chi connectivity index (χ1v) is 4.87. The molecule has 0 aliphatic carbocycles. The van der Waals surface area contributed by atoms with Gasteiger partial charge < -0.3 is 10.5 Å². The molecule has 0 unspecified atom stereocenters. The molecule has 1 rings (SSSR count). The summed E-state index contributed by atoms with van der Waals surface area (Å²) in [5.74, 6) is -0.960. The van der Waals surface area contributed by atoms with E-state index in [2.05, 4.69) is 0 Å². The van der Waals surface area contributed by atoms with Crippen molar-refractivity contribution in [2.24, 2.45) is 0 Å². The number of unbranched alkanes of at least 4 members (excludes halogenated alkanes) is 1. The van der Waals surface area contributed by atoms with Gasteiger partial charge in [0.05, 0.1) is 12.2 Å². The average Bonchev–Trinajstić information content (AvgIpc) is 2.17. The zero-order valence-corrected chi connectivity index (χ0v) is 8.63. The van der Waals surface area contributed by atoms with Crippen molar-refractivity contribution in [1.29, 1.82) is 0 Å². The molecule has 0 radical (unpaired) electrons. The SMILES string of the molecule is CCCCOC(=O)c1ccc(F)cc1N. The summed E-state index contributed by atoms with van der Waals surface area (Å²) in [5.41, 5.74) is 5.81. The van der Waals surface area contributed by atoms with Crippen LogP contribution in [0.5, 0.6) is 0 Å². The Labute approximate surface area is 88.0 Å². The summed E-state index contributed by atoms with van der Waals surface area (Å²) in [6, 6.07) is 3.63. The molecule has 82 valence electrons. The number of halogens is 1. The van der Waals surface area contributed by atoms with Crippen molar-refractivity contribution in [1.82, 2.24) is 0 Å². The summed E-state index contributed by atoms with van der Waals surface area (Å²) < 4.78 is 17.6. The fraction of sp³-hybridized carbons (Fsp3) is 0.364. The molecule has 4 heteroatoms. The van der Waals surface area contributed by atoms with Gasteiger partial charge in [-0.05, 0) is 24.6 Å². The van der Waals surface area contributed by atoms with E-state index in [-0.39, 0.29) is 11.3 Å². The number of nitrogens with two attached hydrogens (primary N) is 1. The Morgan fingerprint density at radius 2 is 2.27 bits per heavy atom. The van der Waals surface area contributed by atoms with Crippen molar-refractivity contribution in [3.8, 4) is 0 Å². The van der Waals surface area contributed by atoms with Gasteiger partial charge in [0.1, 0.15) is 5.82 Å². The summed E-state index contributed by atoms with van der Waals surface area (Å²) in [5, 5.41) is 0. The normalized spacial score (nSPS) is 10.0. The Morgan fingerprint density at radius 3 is 2.87 bits per heavy atom. The van der Waals surface area contributed by atoms with E-state index in [1.165, 1.54) is 12.1 Å². The van der Waals surface area contributed by atoms with Gasteiger partial charge in [-0.2, -0.15) is 0 Å². The monoisotopic (exact) mass is 211 g/mol. The summed E-state index contributed by atoms with van der Waals surface area (Å²) in [7, 11) is 0. The molecule has 0 aromatic heterocycles. The van der Waals surface area contributed by atoms with Crippen molar-refractivity contribution in [2.75, 3.05) is 12.3 Å². The Balaban J connectivity index is 2.65. The maximum Gasteiger partial charge on any atom is 0.340 e. The molecule has 0 aliphatic heterocycles. The third kappa shape index (κ3) is 3.23. The van der Waals surface area contributed by atoms with E-state index in [0.29, 0.717) is 6.61 Å². The van der Waals surface area contributed by atoms with Crippen LogP contribution in [0.15, 0.2) is 18.2 Å². The molecule has 0 fully saturated rings. The van der Waals surface area contributed by atoms with E-state index >= 15 is 0 Å². The van der Waals surface area contributed by atoms with Crippen LogP contribution in [0.25, 0.3) is 0 Å². The topological polar surface area (TPSA) is 52.3 Å². The van der Waals surface area contributed by atoms with Gasteiger partial charge in [0, 0.05) is 5.69 Å². The van der Waals surface area contributed by atoms with E-state index in [1.807, 2.05) is 6.92 Å². The molecule has 0 atom stereocenters. The van der Waals surface area contributed by atoms with Crippen LogP contribution in [0.4, 0.5) is 10.1 Å². The van der Waals surface area contributed by atoms with E-state index in [9.17, 15) is 9.18 Å². The van der Waals surface area contributed by atoms with E-state index in [1.54, 1.807) is 0 Å². The zero-order chi connectivity index (χ0) is 11.3. The Hall–Kier alpha value is -1.58. The lowest BCUT2D eigenvalue weighted by atomic mass is 10.2. The standard InChI is InChI=1S/C11H14FNO2/c1-2-3-6-15-11(14)9-5-4-8(12)7-10(9)13/h4-5,7H,2-3,6,13H2,1H3. The molecule has 0 saturated heterocycles. The number of anilines is 1. The minimum Gasteiger partial charge on any atom is -0.462 e. The number of hydrogen-bond acceptors (Lipinski definition) is 3. The lowest BCUT2D eigenvalue weighted by Gasteiger charge is -2.06. The predicted molar refractivity (Wildman–Crippen MR) is 56.0 cm³/mol. The summed E-state index contributed by atoms with van der Waals surface area (Å²) in [6.07, 6.45) is 1.76. The fourth-order valence-electron chi connectivity index (χ4n) is 1.11. The Morgan fingerprint density at radius 1 is 1.53 bits per heavy atom. The molecule has 1 aromatic carbocycles. The highest BCUT2D eigenvalue weighted by Gasteiger charge is 2.11. The quantitative estimate of drug-likeness (QED) is 0.472. The van der Waals surface area contributed by atoms with Gasteiger partial charge in [0.2, 0.25) is 0 Å². The Bertz CT molecular complexity index is 352. The van der Waals surface area contributed by atoms with Crippen LogP contribution < -0.4 is 5.73 Å². The fourth-order valence-corrected chi connectivity index (χ4v) is 1.11. The molecule has 0 spiro atoms. The molecule has 3 nitrogen and oxygen atoms in total. The molecule has 0 aliphatic rings. The van der Waals surface area contributed by atoms with E-state index < -0.39 is 11.8 Å². The number of nitrogen functional groups attached to an aromatic ring is 1. The van der Waals surface area contributed by atoms with Crippen molar-refractivity contribution < 1.29 is 13.9 Å². The number of benzene rings is 1. The minimum atomic E-state index is -0.499. The van der Waals surface area contributed by atoms with Crippen LogP contribution in [-0.2, 0) is 4.74 Å². The van der Waals surface area contributed by atoms with Gasteiger partial charge in [-0.3, -0.25) is 0 Å². The highest BCUT2D eigenvalue weighted by molar-refractivity contribution is 5.94. The number of ether oxygens (including phenoxy) is 1. The van der Waals surface area contributed by atoms with Gasteiger partial charge in [-0.25, -0.2) is 9.18 Å². The first kappa shape index (κ1) is 11.5. The number of esters is 1. The first-order valence-electron chi connectivity index (χ1n) is 4.87. The van der Waals surface area contributed by atoms with Crippen LogP contribution >= 0.6 is 0 Å². The molecule has 0 bridgehead atoms. The van der Waals surface area contributed by atoms with Gasteiger partial charge in [-0.1, -0.05) is 13.3 Å². The number of carbonyl (C=O) groups excluding carboxylic acids is 1. The second-order valence-electron chi connectivity index (χ2n) is 3.22. The van der Waals surface area contributed by atoms with Crippen LogP contribution in [0.3, 0.4) is 0 Å². The van der Waals surface area contributed by atoms with Gasteiger partial charge in [-0.15, -0.1) is 0 Å². The predicted octanol–water partition coefficient (Wildman–Crippen LogP) is 2.36. The second-order valence-corrected chi connectivity index (χ2v) is 3.22. The van der Waals surface area contributed by atoms with Gasteiger partial charge in [0.15, 0.2) is 0 Å². The van der Waals surface area contributed by atoms with E-state index in [4.69, 9.17) is 10.5 Å². The minimum absolute atomic E-state index is 0.108. The molecule has 15 heavy (non-hydrogen) atoms. The van der Waals surface area contributed by atoms with Crippen molar-refractivity contribution >= 4 is 11.7 Å². The van der Waals surface area contributed by atoms with Crippen LogP contribution in [-0.4, -0.2) is 12.6 Å². The maximum atomic E-state index is 12.7. The molecule has 2 N–H and O–H groups in total. The maximum absolute atomic E-state index is 12.7. The number of hydrogen-bond donors (Lipinski definition) is 1. The summed E-state index contributed by atoms with van der Waals surface area (Å²) >= 11 is 0. The third-order valence-electron chi connectivity index (χ3n) is 1.96. The average molecular weight is 211 g/mol. The van der Waals surface area contributed by atoms with Crippen LogP contribution in [0.2, 0.25) is 0 Å². The van der Waals surface area contributed by atoms with Crippen molar-refractivity contribution in [3.05, 3.63) is 29.6 Å². The zero-order valence-electron chi connectivity index (χ0n) is 8.63. The second kappa shape index (κ2) is 5.34. The summed E-state index contributed by atoms with van der Waals surface area (Å²) in [4.78, 5) is 11.4. The molecular formula is C11H14FNO2. The van der Waals surface area contributed by atoms with Crippen molar-refractivity contribution in [3.63, 3.8) is 0 Å². The largest absolute Gasteiger partial charge is 0.462 e. The lowest BCUT2D eigenvalue weighted by Crippen LogP contribution is -2.09. The highest BCUT2D eigenvalue weighted by Crippen LogP contribution is 2.14. The Kier molecular flexibility index (Phi) is 4.09. The van der Waals surface area contributed by atoms with Crippen LogP contribution in [0.1, 0.15) is 30.1 Å². The first-order chi connectivity index (χ1) is 7.15. The third-order valence-corrected chi connectivity index (χ3v) is 1.96. The molecule has 1 aromatic rings. The smallest absolute Gasteiger partial charge is 0.340 e. The molecule has 0 heterocycles. The number of rotatable bonds is 4. The van der Waals surface area contributed by atoms with E-state index in [0.717, 1.165) is 18.9 Å². The molecule has 0 saturated carbocycles. The number of carbonyl (C=O) groups is 1.